The van der Waals surface area contributed by atoms with Crippen LogP contribution in [0.15, 0.2) is 24.3 Å². The molecule has 0 aliphatic carbocycles. The van der Waals surface area contributed by atoms with Crippen LogP contribution in [0, 0.1) is 5.92 Å². The molecule has 26 heavy (non-hydrogen) atoms. The van der Waals surface area contributed by atoms with Crippen molar-refractivity contribution in [2.24, 2.45) is 11.7 Å². The number of amides is 2. The quantitative estimate of drug-likeness (QED) is 0.635. The summed E-state index contributed by atoms with van der Waals surface area (Å²) in [4.78, 5) is 25.8. The molecule has 1 heterocycles. The number of sulfone groups is 1. The molecule has 0 saturated carbocycles. The van der Waals surface area contributed by atoms with Crippen LogP contribution in [0.1, 0.15) is 13.8 Å². The molecular formula is C17H26N4O4S. The van der Waals surface area contributed by atoms with Crippen molar-refractivity contribution < 1.29 is 18.0 Å². The van der Waals surface area contributed by atoms with E-state index in [0.29, 0.717) is 18.8 Å². The van der Waals surface area contributed by atoms with Crippen molar-refractivity contribution in [3.05, 3.63) is 24.3 Å². The van der Waals surface area contributed by atoms with Crippen molar-refractivity contribution in [2.75, 3.05) is 41.4 Å². The van der Waals surface area contributed by atoms with E-state index < -0.39 is 15.9 Å². The topological polar surface area (TPSA) is 122 Å². The molecule has 2 rings (SSSR count). The number of rotatable bonds is 6. The fraction of sp³-hybridized carbons (Fsp3) is 0.529. The lowest BCUT2D eigenvalue weighted by Crippen LogP contribution is -2.46. The highest BCUT2D eigenvalue weighted by molar-refractivity contribution is 7.91. The fourth-order valence-corrected chi connectivity index (χ4v) is 3.75. The van der Waals surface area contributed by atoms with Crippen LogP contribution in [0.25, 0.3) is 0 Å². The Bertz CT molecular complexity index is 750. The van der Waals surface area contributed by atoms with Crippen LogP contribution in [-0.2, 0) is 19.4 Å². The molecule has 0 bridgehead atoms. The maximum Gasteiger partial charge on any atom is 0.243 e. The first-order chi connectivity index (χ1) is 12.2. The second-order valence-corrected chi connectivity index (χ2v) is 9.03. The molecule has 144 valence electrons. The third-order valence-corrected chi connectivity index (χ3v) is 5.89. The molecular weight excluding hydrogens is 356 g/mol. The van der Waals surface area contributed by atoms with Gasteiger partial charge in [-0.3, -0.25) is 9.59 Å². The molecule has 1 saturated heterocycles. The van der Waals surface area contributed by atoms with Crippen LogP contribution in [-0.4, -0.2) is 57.4 Å². The van der Waals surface area contributed by atoms with E-state index in [0.717, 1.165) is 5.69 Å². The first-order valence-corrected chi connectivity index (χ1v) is 10.4. The summed E-state index contributed by atoms with van der Waals surface area (Å²) in [6.07, 6.45) is 0. The predicted molar refractivity (Wildman–Crippen MR) is 102 cm³/mol. The minimum atomic E-state index is -2.94. The predicted octanol–water partition coefficient (Wildman–Crippen LogP) is -0.0406. The Labute approximate surface area is 154 Å². The molecule has 1 aromatic carbocycles. The number of hydrogen-bond acceptors (Lipinski definition) is 6. The fourth-order valence-electron chi connectivity index (χ4n) is 2.54. The molecule has 0 spiro atoms. The van der Waals surface area contributed by atoms with E-state index in [1.807, 2.05) is 24.8 Å². The Morgan fingerprint density at radius 2 is 1.88 bits per heavy atom. The van der Waals surface area contributed by atoms with Crippen molar-refractivity contribution >= 4 is 33.0 Å². The van der Waals surface area contributed by atoms with Gasteiger partial charge in [-0.05, 0) is 24.1 Å². The Balaban J connectivity index is 1.90. The van der Waals surface area contributed by atoms with Crippen molar-refractivity contribution in [1.82, 2.24) is 5.32 Å². The number of hydrogen-bond donors (Lipinski definition) is 3. The monoisotopic (exact) mass is 382 g/mol. The zero-order chi connectivity index (χ0) is 19.3. The third-order valence-electron chi connectivity index (χ3n) is 4.28. The summed E-state index contributed by atoms with van der Waals surface area (Å²) >= 11 is 0. The van der Waals surface area contributed by atoms with E-state index in [9.17, 15) is 18.0 Å². The average molecular weight is 382 g/mol. The van der Waals surface area contributed by atoms with Crippen molar-refractivity contribution in [3.8, 4) is 0 Å². The largest absolute Gasteiger partial charge is 0.369 e. The first-order valence-electron chi connectivity index (χ1n) is 8.56. The lowest BCUT2D eigenvalue weighted by Gasteiger charge is -2.29. The molecule has 0 radical (unpaired) electrons. The summed E-state index contributed by atoms with van der Waals surface area (Å²) in [5, 5.41) is 5.24. The minimum absolute atomic E-state index is 0.0110. The highest BCUT2D eigenvalue weighted by atomic mass is 32.2. The summed E-state index contributed by atoms with van der Waals surface area (Å²) in [5.41, 5.74) is 7.17. The molecule has 1 fully saturated rings. The van der Waals surface area contributed by atoms with E-state index >= 15 is 0 Å². The van der Waals surface area contributed by atoms with Gasteiger partial charge in [-0.15, -0.1) is 0 Å². The Morgan fingerprint density at radius 3 is 2.50 bits per heavy atom. The van der Waals surface area contributed by atoms with Crippen LogP contribution in [0.3, 0.4) is 0 Å². The van der Waals surface area contributed by atoms with Gasteiger partial charge in [0.15, 0.2) is 9.84 Å². The number of nitrogens with one attached hydrogen (secondary N) is 2. The molecule has 9 heteroatoms. The number of nitrogens with two attached hydrogens (primary N) is 1. The van der Waals surface area contributed by atoms with Gasteiger partial charge in [0.1, 0.15) is 0 Å². The number of anilines is 2. The van der Waals surface area contributed by atoms with Crippen LogP contribution in [0.4, 0.5) is 11.4 Å². The summed E-state index contributed by atoms with van der Waals surface area (Å²) in [5.74, 6) is -0.466. The Hall–Kier alpha value is -2.13. The number of benzene rings is 1. The smallest absolute Gasteiger partial charge is 0.243 e. The van der Waals surface area contributed by atoms with Crippen molar-refractivity contribution in [3.63, 3.8) is 0 Å². The zero-order valence-electron chi connectivity index (χ0n) is 15.1. The van der Waals surface area contributed by atoms with E-state index in [1.165, 1.54) is 0 Å². The molecule has 8 nitrogen and oxygen atoms in total. The van der Waals surface area contributed by atoms with E-state index in [4.69, 9.17) is 5.73 Å². The zero-order valence-corrected chi connectivity index (χ0v) is 15.9. The first kappa shape index (κ1) is 20.2. The summed E-state index contributed by atoms with van der Waals surface area (Å²) < 4.78 is 23.1. The number of carbonyl (C=O) groups excluding carboxylic acids is 2. The highest BCUT2D eigenvalue weighted by Crippen LogP contribution is 2.21. The molecule has 1 aliphatic rings. The van der Waals surface area contributed by atoms with Gasteiger partial charge >= 0.3 is 0 Å². The molecule has 4 N–H and O–H groups in total. The van der Waals surface area contributed by atoms with Gasteiger partial charge in [0, 0.05) is 24.5 Å². The number of nitrogens with zero attached hydrogens (tertiary/aromatic N) is 1. The van der Waals surface area contributed by atoms with Gasteiger partial charge in [-0.25, -0.2) is 8.42 Å². The molecule has 1 atom stereocenters. The molecule has 1 aliphatic heterocycles. The second-order valence-electron chi connectivity index (χ2n) is 6.72. The van der Waals surface area contributed by atoms with Crippen LogP contribution in [0.2, 0.25) is 0 Å². The molecule has 2 amide bonds. The average Bonchev–Trinajstić information content (AvgIpc) is 2.59. The van der Waals surface area contributed by atoms with E-state index in [1.54, 1.807) is 18.2 Å². The van der Waals surface area contributed by atoms with Gasteiger partial charge in [-0.2, -0.15) is 0 Å². The minimum Gasteiger partial charge on any atom is -0.369 e. The van der Waals surface area contributed by atoms with Crippen LogP contribution < -0.4 is 21.3 Å². The molecule has 0 unspecified atom stereocenters. The van der Waals surface area contributed by atoms with E-state index in [2.05, 4.69) is 10.6 Å². The van der Waals surface area contributed by atoms with Gasteiger partial charge < -0.3 is 21.3 Å². The SMILES string of the molecule is CC(C)[C@H](N)C(=O)NCC(=O)Nc1cccc(N2CCS(=O)(=O)CC2)c1. The Kier molecular flexibility index (Phi) is 6.60. The lowest BCUT2D eigenvalue weighted by atomic mass is 10.1. The summed E-state index contributed by atoms with van der Waals surface area (Å²) in [7, 11) is -2.94. The maximum absolute atomic E-state index is 12.0. The van der Waals surface area contributed by atoms with Gasteiger partial charge in [0.05, 0.1) is 24.1 Å². The van der Waals surface area contributed by atoms with Gasteiger partial charge in [-0.1, -0.05) is 19.9 Å². The highest BCUT2D eigenvalue weighted by Gasteiger charge is 2.22. The standard InChI is InChI=1S/C17H26N4O4S/c1-12(2)16(18)17(23)19-11-15(22)20-13-4-3-5-14(10-13)21-6-8-26(24,25)9-7-21/h3-5,10,12,16H,6-9,11,18H2,1-2H3,(H,19,23)(H,20,22)/t16-/m0/s1. The van der Waals surface area contributed by atoms with E-state index in [-0.39, 0.29) is 35.8 Å². The maximum atomic E-state index is 12.0. The summed E-state index contributed by atoms with van der Waals surface area (Å²) in [6, 6.07) is 6.54. The van der Waals surface area contributed by atoms with Gasteiger partial charge in [0.25, 0.3) is 0 Å². The third kappa shape index (κ3) is 5.70. The molecule has 0 aromatic heterocycles. The number of carbonyl (C=O) groups is 2. The van der Waals surface area contributed by atoms with Gasteiger partial charge in [0.2, 0.25) is 11.8 Å². The van der Waals surface area contributed by atoms with Crippen molar-refractivity contribution in [1.29, 1.82) is 0 Å². The normalized spacial score (nSPS) is 17.6. The lowest BCUT2D eigenvalue weighted by molar-refractivity contribution is -0.125. The molecule has 1 aromatic rings. The van der Waals surface area contributed by atoms with Crippen LogP contribution in [0.5, 0.6) is 0 Å². The van der Waals surface area contributed by atoms with Crippen LogP contribution >= 0.6 is 0 Å². The second kappa shape index (κ2) is 8.50. The Morgan fingerprint density at radius 1 is 1.23 bits per heavy atom. The van der Waals surface area contributed by atoms with Crippen molar-refractivity contribution in [2.45, 2.75) is 19.9 Å². The summed E-state index contributed by atoms with van der Waals surface area (Å²) in [6.45, 7) is 4.38.